The molecule has 1 saturated heterocycles. The Morgan fingerprint density at radius 1 is 0.729 bits per heavy atom. The fourth-order valence-electron chi connectivity index (χ4n) is 6.53. The maximum absolute atomic E-state index is 13.6. The molecule has 1 aliphatic rings. The molecule has 70 heavy (non-hydrogen) atoms. The average Bonchev–Trinajstić information content (AvgIpc) is 3.79. The number of carbonyl (C=O) groups excluding carboxylic acids is 11. The minimum absolute atomic E-state index is 0.0245. The highest BCUT2D eigenvalue weighted by atomic mass is 32.1. The van der Waals surface area contributed by atoms with Crippen LogP contribution in [-0.4, -0.2) is 190 Å². The Morgan fingerprint density at radius 3 is 1.87 bits per heavy atom. The Bertz CT molecular complexity index is 1940. The number of aliphatic hydroxyl groups excluding tert-OH is 2. The molecule has 394 valence electrons. The van der Waals surface area contributed by atoms with Crippen molar-refractivity contribution in [3.63, 3.8) is 0 Å². The Hall–Kier alpha value is -6.86. The number of guanidine groups is 1. The maximum Gasteiger partial charge on any atom is 0.305 e. The van der Waals surface area contributed by atoms with Gasteiger partial charge in [0.1, 0.15) is 48.3 Å². The van der Waals surface area contributed by atoms with Gasteiger partial charge >= 0.3 is 5.97 Å². The lowest BCUT2D eigenvalue weighted by Crippen LogP contribution is -2.62. The van der Waals surface area contributed by atoms with E-state index in [9.17, 15) is 67.7 Å². The molecule has 0 aliphatic carbocycles. The van der Waals surface area contributed by atoms with Crippen molar-refractivity contribution in [1.82, 2.24) is 47.4 Å². The van der Waals surface area contributed by atoms with Crippen LogP contribution in [0, 0.1) is 5.92 Å². The number of thiol groups is 1. The van der Waals surface area contributed by atoms with Gasteiger partial charge in [-0.15, -0.1) is 0 Å². The Balaban J connectivity index is 3.13. The summed E-state index contributed by atoms with van der Waals surface area (Å²) in [6.45, 7) is 2.18. The summed E-state index contributed by atoms with van der Waals surface area (Å²) in [4.78, 5) is 158. The van der Waals surface area contributed by atoms with Crippen LogP contribution in [0.5, 0.6) is 0 Å². The number of aliphatic imine (C=N–C) groups is 1. The van der Waals surface area contributed by atoms with Crippen LogP contribution in [0.25, 0.3) is 0 Å². The number of rotatable bonds is 31. The van der Waals surface area contributed by atoms with Crippen molar-refractivity contribution in [1.29, 1.82) is 0 Å². The molecular formula is C39H67N15O15S. The minimum atomic E-state index is -1.81. The van der Waals surface area contributed by atoms with Crippen LogP contribution in [0.2, 0.25) is 0 Å². The van der Waals surface area contributed by atoms with Crippen molar-refractivity contribution in [2.45, 2.75) is 120 Å². The van der Waals surface area contributed by atoms with Crippen LogP contribution in [0.4, 0.5) is 0 Å². The third-order valence-electron chi connectivity index (χ3n) is 10.6. The summed E-state index contributed by atoms with van der Waals surface area (Å²) in [6, 6.07) is -11.7. The van der Waals surface area contributed by atoms with Crippen LogP contribution in [0.15, 0.2) is 4.99 Å². The zero-order valence-corrected chi connectivity index (χ0v) is 39.8. The second-order valence-electron chi connectivity index (χ2n) is 16.2. The van der Waals surface area contributed by atoms with Gasteiger partial charge in [-0.2, -0.15) is 12.6 Å². The second kappa shape index (κ2) is 30.6. The summed E-state index contributed by atoms with van der Waals surface area (Å²) in [7, 11) is 0. The van der Waals surface area contributed by atoms with E-state index in [1.807, 2.05) is 0 Å². The van der Waals surface area contributed by atoms with E-state index < -0.39 is 164 Å². The van der Waals surface area contributed by atoms with E-state index in [4.69, 9.17) is 33.8 Å². The molecule has 0 aromatic carbocycles. The molecule has 0 spiro atoms. The SMILES string of the molecule is CC[C@H](C)[C@H](NC(=O)[C@H](CS)NC(=O)[C@@H](N)CO)C(=O)N[C@@H](CC(N)=O)C(=O)N[C@H](C(=O)NCC(=O)N1CCC[C@H]1C(=O)N[C@@H](CCCN=C(N)N)C(=O)NCC(=O)N[C@@H](CC(=O)O)C(N)=O)[C@@H](C)O. The Labute approximate surface area is 407 Å². The van der Waals surface area contributed by atoms with E-state index in [1.165, 1.54) is 0 Å². The summed E-state index contributed by atoms with van der Waals surface area (Å²) < 4.78 is 0. The van der Waals surface area contributed by atoms with Gasteiger partial charge in [-0.1, -0.05) is 20.3 Å². The van der Waals surface area contributed by atoms with E-state index in [2.05, 4.69) is 60.2 Å². The highest BCUT2D eigenvalue weighted by molar-refractivity contribution is 7.80. The average molecular weight is 1020 g/mol. The van der Waals surface area contributed by atoms with Crippen LogP contribution >= 0.6 is 12.6 Å². The van der Waals surface area contributed by atoms with Gasteiger partial charge < -0.3 is 91.4 Å². The number of carbonyl (C=O) groups is 12. The fourth-order valence-corrected chi connectivity index (χ4v) is 6.79. The number of primary amides is 2. The lowest BCUT2D eigenvalue weighted by atomic mass is 9.97. The molecule has 30 nitrogen and oxygen atoms in total. The number of nitrogens with one attached hydrogen (secondary N) is 8. The number of hydrogen-bond donors (Lipinski definition) is 17. The number of carboxylic acids is 1. The monoisotopic (exact) mass is 1020 g/mol. The summed E-state index contributed by atoms with van der Waals surface area (Å²) in [5.41, 5.74) is 26.7. The van der Waals surface area contributed by atoms with Gasteiger partial charge in [0.05, 0.1) is 38.6 Å². The van der Waals surface area contributed by atoms with E-state index in [0.29, 0.717) is 12.8 Å². The van der Waals surface area contributed by atoms with E-state index in [0.717, 1.165) is 11.8 Å². The first-order chi connectivity index (χ1) is 32.8. The largest absolute Gasteiger partial charge is 0.481 e. The molecule has 1 heterocycles. The van der Waals surface area contributed by atoms with Crippen molar-refractivity contribution in [3.8, 4) is 0 Å². The smallest absolute Gasteiger partial charge is 0.305 e. The number of nitrogens with zero attached hydrogens (tertiary/aromatic N) is 2. The third-order valence-corrected chi connectivity index (χ3v) is 11.0. The zero-order valence-electron chi connectivity index (χ0n) is 38.9. The normalized spacial score (nSPS) is 16.9. The molecule has 1 rings (SSSR count). The van der Waals surface area contributed by atoms with E-state index in [-0.39, 0.29) is 44.1 Å². The third kappa shape index (κ3) is 21.2. The first kappa shape index (κ1) is 61.2. The molecule has 0 bridgehead atoms. The number of aliphatic hydroxyl groups is 2. The molecule has 11 amide bonds. The maximum atomic E-state index is 13.6. The first-order valence-electron chi connectivity index (χ1n) is 21.9. The summed E-state index contributed by atoms with van der Waals surface area (Å²) in [5.74, 6) is -13.3. The first-order valence-corrected chi connectivity index (χ1v) is 22.6. The molecule has 0 aromatic rings. The molecule has 0 saturated carbocycles. The molecule has 1 aliphatic heterocycles. The molecular weight excluding hydrogens is 951 g/mol. The zero-order chi connectivity index (χ0) is 53.4. The van der Waals surface area contributed by atoms with Crippen molar-refractivity contribution >= 4 is 89.5 Å². The van der Waals surface area contributed by atoms with Crippen LogP contribution in [0.1, 0.15) is 65.7 Å². The number of nitrogens with two attached hydrogens (primary N) is 5. The number of hydrogen-bond acceptors (Lipinski definition) is 17. The topological polar surface area (TPSA) is 507 Å². The van der Waals surface area contributed by atoms with Gasteiger partial charge in [0, 0.05) is 18.8 Å². The molecule has 21 N–H and O–H groups in total. The summed E-state index contributed by atoms with van der Waals surface area (Å²) >= 11 is 4.06. The standard InChI is InChI=1S/C39H67N15O15S/c1-4-17(2)29(52-35(66)23(16-70)51-32(63)19(40)15-55)38(69)50-22(11-25(41)57)34(65)53-30(18(3)56)37(68)47-14-27(59)54-10-6-8-24(54)36(67)49-20(7-5-9-45-39(43)44)33(64)46-13-26(58)48-21(31(42)62)12-28(60)61/h17-24,29-30,55-56,70H,4-16,40H2,1-3H3,(H2,41,57)(H2,42,62)(H,46,64)(H,47,68)(H,48,58)(H,49,67)(H,50,69)(H,51,63)(H,52,66)(H,53,65)(H,60,61)(H4,43,44,45)/t17-,18+,19-,20-,21-,22-,23-,24-,29-,30-/m0/s1. The van der Waals surface area contributed by atoms with Gasteiger partial charge in [0.2, 0.25) is 65.0 Å². The number of likely N-dealkylation sites (tertiary alicyclic amines) is 1. The Morgan fingerprint density at radius 2 is 1.33 bits per heavy atom. The van der Waals surface area contributed by atoms with Gasteiger partial charge in [-0.05, 0) is 38.5 Å². The molecule has 0 aromatic heterocycles. The molecule has 0 unspecified atom stereocenters. The predicted octanol–water partition coefficient (Wildman–Crippen LogP) is -9.32. The highest BCUT2D eigenvalue weighted by Crippen LogP contribution is 2.18. The summed E-state index contributed by atoms with van der Waals surface area (Å²) in [5, 5.41) is 47.1. The summed E-state index contributed by atoms with van der Waals surface area (Å²) in [6.07, 6.45) is -2.52. The number of carboxylic acid groups (broad SMARTS) is 1. The Kier molecular flexibility index (Phi) is 26.7. The molecule has 31 heteroatoms. The quantitative estimate of drug-likeness (QED) is 0.0133. The van der Waals surface area contributed by atoms with Crippen molar-refractivity contribution in [2.24, 2.45) is 39.6 Å². The number of amides is 11. The number of aliphatic carboxylic acids is 1. The predicted molar refractivity (Wildman–Crippen MR) is 248 cm³/mol. The van der Waals surface area contributed by atoms with Gasteiger partial charge in [-0.25, -0.2) is 0 Å². The van der Waals surface area contributed by atoms with E-state index in [1.54, 1.807) is 13.8 Å². The van der Waals surface area contributed by atoms with Crippen LogP contribution < -0.4 is 71.2 Å². The highest BCUT2D eigenvalue weighted by Gasteiger charge is 2.38. The lowest BCUT2D eigenvalue weighted by Gasteiger charge is -2.29. The van der Waals surface area contributed by atoms with Crippen molar-refractivity contribution < 1.29 is 72.9 Å². The van der Waals surface area contributed by atoms with Crippen LogP contribution in [-0.2, 0) is 57.5 Å². The lowest BCUT2D eigenvalue weighted by molar-refractivity contribution is -0.140. The fraction of sp³-hybridized carbons (Fsp3) is 0.667. The van der Waals surface area contributed by atoms with Crippen molar-refractivity contribution in [3.05, 3.63) is 0 Å². The van der Waals surface area contributed by atoms with Gasteiger partial charge in [0.15, 0.2) is 5.96 Å². The minimum Gasteiger partial charge on any atom is -0.481 e. The van der Waals surface area contributed by atoms with Gasteiger partial charge in [-0.3, -0.25) is 62.5 Å². The molecule has 10 atom stereocenters. The molecule has 0 radical (unpaired) electrons. The van der Waals surface area contributed by atoms with Gasteiger partial charge in [0.25, 0.3) is 0 Å². The second-order valence-corrected chi connectivity index (χ2v) is 16.5. The van der Waals surface area contributed by atoms with Crippen LogP contribution in [0.3, 0.4) is 0 Å². The van der Waals surface area contributed by atoms with Crippen molar-refractivity contribution in [2.75, 3.05) is 38.5 Å². The van der Waals surface area contributed by atoms with E-state index >= 15 is 0 Å². The molecule has 1 fully saturated rings.